The Labute approximate surface area is 45.1 Å². The highest BCUT2D eigenvalue weighted by Crippen LogP contribution is 2.23. The average molecular weight is 124 g/mol. The zero-order chi connectivity index (χ0) is 6.20. The van der Waals surface area contributed by atoms with Gasteiger partial charge in [0.25, 0.3) is 6.43 Å². The monoisotopic (exact) mass is 124 g/mol. The van der Waals surface area contributed by atoms with Gasteiger partial charge in [-0.15, -0.1) is 0 Å². The van der Waals surface area contributed by atoms with E-state index in [-0.39, 0.29) is 13.2 Å². The van der Waals surface area contributed by atoms with Crippen LogP contribution in [0.15, 0.2) is 0 Å². The van der Waals surface area contributed by atoms with E-state index in [1.807, 2.05) is 0 Å². The fourth-order valence-electron chi connectivity index (χ4n) is 0.437. The van der Waals surface area contributed by atoms with Crippen LogP contribution in [-0.2, 0) is 4.74 Å². The summed E-state index contributed by atoms with van der Waals surface area (Å²) in [5.41, 5.74) is -1.83. The molecule has 1 fully saturated rings. The van der Waals surface area contributed by atoms with Gasteiger partial charge in [0.2, 0.25) is 0 Å². The molecule has 0 aromatic carbocycles. The summed E-state index contributed by atoms with van der Waals surface area (Å²) < 4.78 is 27.4. The zero-order valence-corrected chi connectivity index (χ0v) is 4.10. The summed E-state index contributed by atoms with van der Waals surface area (Å²) in [7, 11) is 0. The Hall–Kier alpha value is -0.220. The normalized spacial score (nSPS) is 25.5. The SMILES string of the molecule is OC1(C(F)F)COC1. The molecule has 0 aromatic heterocycles. The van der Waals surface area contributed by atoms with Gasteiger partial charge < -0.3 is 9.84 Å². The molecule has 4 heteroatoms. The van der Waals surface area contributed by atoms with Gasteiger partial charge in [-0.25, -0.2) is 8.78 Å². The molecule has 2 nitrogen and oxygen atoms in total. The van der Waals surface area contributed by atoms with Crippen LogP contribution in [0.5, 0.6) is 0 Å². The second-order valence-corrected chi connectivity index (χ2v) is 1.90. The van der Waals surface area contributed by atoms with Gasteiger partial charge in [0.1, 0.15) is 0 Å². The summed E-state index contributed by atoms with van der Waals surface area (Å²) in [6, 6.07) is 0. The molecule has 0 unspecified atom stereocenters. The predicted octanol–water partition coefficient (Wildman–Crippen LogP) is 0.0128. The first-order chi connectivity index (χ1) is 3.65. The average Bonchev–Trinajstić information content (AvgIpc) is 1.60. The molecule has 1 aliphatic rings. The van der Waals surface area contributed by atoms with Crippen LogP contribution in [0.4, 0.5) is 8.78 Å². The third-order valence-corrected chi connectivity index (χ3v) is 1.11. The molecule has 0 amide bonds. The molecule has 0 spiro atoms. The molecule has 0 saturated carbocycles. The summed E-state index contributed by atoms with van der Waals surface area (Å²) in [6.45, 7) is -0.463. The Morgan fingerprint density at radius 1 is 1.50 bits per heavy atom. The smallest absolute Gasteiger partial charge is 0.271 e. The molecule has 1 aliphatic heterocycles. The van der Waals surface area contributed by atoms with Gasteiger partial charge in [-0.1, -0.05) is 0 Å². The first-order valence-corrected chi connectivity index (χ1v) is 2.23. The van der Waals surface area contributed by atoms with Gasteiger partial charge in [0, 0.05) is 0 Å². The third kappa shape index (κ3) is 0.695. The molecule has 0 aliphatic carbocycles. The summed E-state index contributed by atoms with van der Waals surface area (Å²) in [6.07, 6.45) is -2.67. The fourth-order valence-corrected chi connectivity index (χ4v) is 0.437. The molecule has 1 rings (SSSR count). The molecule has 0 radical (unpaired) electrons. The van der Waals surface area contributed by atoms with E-state index >= 15 is 0 Å². The van der Waals surface area contributed by atoms with E-state index in [0.29, 0.717) is 0 Å². The molecule has 1 N–H and O–H groups in total. The molecule has 0 aromatic rings. The number of aliphatic hydroxyl groups is 1. The second-order valence-electron chi connectivity index (χ2n) is 1.90. The maximum Gasteiger partial charge on any atom is 0.271 e. The number of hydrogen-bond donors (Lipinski definition) is 1. The lowest BCUT2D eigenvalue weighted by Gasteiger charge is -2.34. The third-order valence-electron chi connectivity index (χ3n) is 1.11. The van der Waals surface area contributed by atoms with Gasteiger partial charge in [-0.05, 0) is 0 Å². The van der Waals surface area contributed by atoms with Crippen LogP contribution in [0.1, 0.15) is 0 Å². The van der Waals surface area contributed by atoms with E-state index in [9.17, 15) is 8.78 Å². The zero-order valence-electron chi connectivity index (χ0n) is 4.10. The molecule has 0 atom stereocenters. The highest BCUT2D eigenvalue weighted by molar-refractivity contribution is 4.87. The minimum atomic E-state index is -2.67. The molecule has 48 valence electrons. The second kappa shape index (κ2) is 1.63. The standard InChI is InChI=1S/C4H6F2O2/c5-3(6)4(7)1-8-2-4/h3,7H,1-2H2. The Morgan fingerprint density at radius 2 is 2.00 bits per heavy atom. The number of alkyl halides is 2. The first-order valence-electron chi connectivity index (χ1n) is 2.23. The van der Waals surface area contributed by atoms with Crippen molar-refractivity contribution in [2.75, 3.05) is 13.2 Å². The molecule has 0 bridgehead atoms. The fraction of sp³-hybridized carbons (Fsp3) is 1.00. The van der Waals surface area contributed by atoms with Crippen molar-refractivity contribution in [1.82, 2.24) is 0 Å². The van der Waals surface area contributed by atoms with E-state index in [4.69, 9.17) is 5.11 Å². The predicted molar refractivity (Wildman–Crippen MR) is 21.8 cm³/mol. The first kappa shape index (κ1) is 5.91. The van der Waals surface area contributed by atoms with Gasteiger partial charge in [0.15, 0.2) is 5.60 Å². The van der Waals surface area contributed by atoms with Crippen molar-refractivity contribution >= 4 is 0 Å². The lowest BCUT2D eigenvalue weighted by Crippen LogP contribution is -2.55. The Bertz CT molecular complexity index is 90.0. The molecule has 1 heterocycles. The largest absolute Gasteiger partial charge is 0.379 e. The Morgan fingerprint density at radius 3 is 2.00 bits per heavy atom. The lowest BCUT2D eigenvalue weighted by atomic mass is 10.0. The minimum Gasteiger partial charge on any atom is -0.379 e. The van der Waals surface area contributed by atoms with Crippen LogP contribution in [0.3, 0.4) is 0 Å². The summed E-state index contributed by atoms with van der Waals surface area (Å²) in [4.78, 5) is 0. The van der Waals surface area contributed by atoms with Crippen LogP contribution in [0.2, 0.25) is 0 Å². The molecular weight excluding hydrogens is 118 g/mol. The van der Waals surface area contributed by atoms with E-state index in [0.717, 1.165) is 0 Å². The Kier molecular flexibility index (Phi) is 1.21. The summed E-state index contributed by atoms with van der Waals surface area (Å²) in [5.74, 6) is 0. The van der Waals surface area contributed by atoms with Crippen LogP contribution in [0.25, 0.3) is 0 Å². The van der Waals surface area contributed by atoms with Crippen molar-refractivity contribution in [2.45, 2.75) is 12.0 Å². The van der Waals surface area contributed by atoms with Gasteiger partial charge in [0.05, 0.1) is 13.2 Å². The van der Waals surface area contributed by atoms with E-state index < -0.39 is 12.0 Å². The highest BCUT2D eigenvalue weighted by atomic mass is 19.3. The van der Waals surface area contributed by atoms with Crippen molar-refractivity contribution in [1.29, 1.82) is 0 Å². The molecule has 1 saturated heterocycles. The number of halogens is 2. The molecular formula is C4H6F2O2. The number of rotatable bonds is 1. The maximum atomic E-state index is 11.5. The van der Waals surface area contributed by atoms with Crippen molar-refractivity contribution in [3.8, 4) is 0 Å². The van der Waals surface area contributed by atoms with Crippen molar-refractivity contribution in [2.24, 2.45) is 0 Å². The van der Waals surface area contributed by atoms with Crippen LogP contribution < -0.4 is 0 Å². The number of hydrogen-bond acceptors (Lipinski definition) is 2. The minimum absolute atomic E-state index is 0.231. The van der Waals surface area contributed by atoms with Crippen molar-refractivity contribution in [3.05, 3.63) is 0 Å². The summed E-state index contributed by atoms with van der Waals surface area (Å²) in [5, 5.41) is 8.61. The lowest BCUT2D eigenvalue weighted by molar-refractivity contribution is -0.237. The van der Waals surface area contributed by atoms with E-state index in [1.54, 1.807) is 0 Å². The van der Waals surface area contributed by atoms with Gasteiger partial charge in [-0.2, -0.15) is 0 Å². The van der Waals surface area contributed by atoms with Gasteiger partial charge in [-0.3, -0.25) is 0 Å². The summed E-state index contributed by atoms with van der Waals surface area (Å²) >= 11 is 0. The quantitative estimate of drug-likeness (QED) is 0.533. The maximum absolute atomic E-state index is 11.5. The van der Waals surface area contributed by atoms with E-state index in [1.165, 1.54) is 0 Å². The van der Waals surface area contributed by atoms with Crippen LogP contribution in [0, 0.1) is 0 Å². The van der Waals surface area contributed by atoms with Crippen LogP contribution >= 0.6 is 0 Å². The molecule has 8 heavy (non-hydrogen) atoms. The highest BCUT2D eigenvalue weighted by Gasteiger charge is 2.45. The van der Waals surface area contributed by atoms with Crippen molar-refractivity contribution in [3.63, 3.8) is 0 Å². The van der Waals surface area contributed by atoms with Crippen molar-refractivity contribution < 1.29 is 18.6 Å². The Balaban J connectivity index is 2.41. The van der Waals surface area contributed by atoms with Gasteiger partial charge >= 0.3 is 0 Å². The topological polar surface area (TPSA) is 29.5 Å². The van der Waals surface area contributed by atoms with E-state index in [2.05, 4.69) is 4.74 Å². The number of ether oxygens (including phenoxy) is 1. The van der Waals surface area contributed by atoms with Crippen LogP contribution in [-0.4, -0.2) is 30.3 Å².